The number of hydrogen-bond donors (Lipinski definition) is 5. The number of rotatable bonds is 15. The highest BCUT2D eigenvalue weighted by atomic mass is 16.7. The number of carbonyl (C=O) groups excluding carboxylic acids is 1. The fourth-order valence-electron chi connectivity index (χ4n) is 4.10. The van der Waals surface area contributed by atoms with Crippen LogP contribution in [-0.2, 0) is 19.1 Å². The first-order valence-electron chi connectivity index (χ1n) is 12.2. The summed E-state index contributed by atoms with van der Waals surface area (Å²) in [5.41, 5.74) is 6.25. The molecule has 0 radical (unpaired) electrons. The molecule has 6 N–H and O–H groups in total. The van der Waals surface area contributed by atoms with Crippen LogP contribution in [0.5, 0.6) is 5.75 Å². The first-order chi connectivity index (χ1) is 17.6. The number of anilines is 1. The number of hydrogen-bond acceptors (Lipinski definition) is 10. The van der Waals surface area contributed by atoms with Gasteiger partial charge in [0.15, 0.2) is 17.7 Å². The highest BCUT2D eigenvalue weighted by molar-refractivity contribution is 5.70. The zero-order valence-corrected chi connectivity index (χ0v) is 21.1. The standard InChI is InChI=1S/C26H36N4O7/c1-25(2)36-15-23(37-25)11-19(12-24(33)34)18-3-5-22(6-4-18)35-14-21(32)13-29-16-26(27,17-31)30-20-7-9-28-10-8-20/h3-10,17,19,21,23,29,32H,11-16,27H2,1-2H3,(H,28,30)(H,33,34). The fourth-order valence-corrected chi connectivity index (χ4v) is 4.10. The van der Waals surface area contributed by atoms with Gasteiger partial charge in [0.25, 0.3) is 0 Å². The van der Waals surface area contributed by atoms with Gasteiger partial charge in [0.1, 0.15) is 18.5 Å². The van der Waals surface area contributed by atoms with Crippen LogP contribution in [-0.4, -0.2) is 77.4 Å². The minimum absolute atomic E-state index is 0.0175. The summed E-state index contributed by atoms with van der Waals surface area (Å²) in [5, 5.41) is 25.6. The average molecular weight is 517 g/mol. The molecule has 1 aromatic carbocycles. The third-order valence-corrected chi connectivity index (χ3v) is 5.89. The summed E-state index contributed by atoms with van der Waals surface area (Å²) < 4.78 is 17.1. The minimum Gasteiger partial charge on any atom is -0.491 e. The number of carbonyl (C=O) groups is 2. The van der Waals surface area contributed by atoms with Gasteiger partial charge in [-0.05, 0) is 56.0 Å². The Hall–Kier alpha value is -3.09. The van der Waals surface area contributed by atoms with Crippen LogP contribution in [0.4, 0.5) is 5.69 Å². The molecule has 1 saturated heterocycles. The van der Waals surface area contributed by atoms with E-state index in [1.807, 2.05) is 26.0 Å². The van der Waals surface area contributed by atoms with Crippen molar-refractivity contribution in [2.75, 3.05) is 31.6 Å². The van der Waals surface area contributed by atoms with Gasteiger partial charge in [-0.3, -0.25) is 14.6 Å². The van der Waals surface area contributed by atoms with Crippen molar-refractivity contribution in [1.29, 1.82) is 0 Å². The first kappa shape index (κ1) is 28.5. The second-order valence-electron chi connectivity index (χ2n) is 9.67. The van der Waals surface area contributed by atoms with Crippen molar-refractivity contribution in [2.45, 2.75) is 56.3 Å². The van der Waals surface area contributed by atoms with Gasteiger partial charge in [0.05, 0.1) is 19.1 Å². The SMILES string of the molecule is CC1(C)OCC(CC(CC(=O)O)c2ccc(OCC(O)CNCC(N)(C=O)Nc3ccncc3)cc2)O1. The molecule has 37 heavy (non-hydrogen) atoms. The first-order valence-corrected chi connectivity index (χ1v) is 12.2. The van der Waals surface area contributed by atoms with Gasteiger partial charge in [-0.2, -0.15) is 0 Å². The summed E-state index contributed by atoms with van der Waals surface area (Å²) in [6.45, 7) is 4.36. The molecule has 0 bridgehead atoms. The van der Waals surface area contributed by atoms with Crippen LogP contribution < -0.4 is 21.1 Å². The molecule has 1 aromatic heterocycles. The molecule has 202 valence electrons. The Morgan fingerprint density at radius 3 is 2.59 bits per heavy atom. The van der Waals surface area contributed by atoms with Gasteiger partial charge in [-0.1, -0.05) is 12.1 Å². The van der Waals surface area contributed by atoms with E-state index in [-0.39, 0.29) is 38.1 Å². The van der Waals surface area contributed by atoms with E-state index in [2.05, 4.69) is 15.6 Å². The highest BCUT2D eigenvalue weighted by Gasteiger charge is 2.34. The summed E-state index contributed by atoms with van der Waals surface area (Å²) in [5.74, 6) is -1.25. The third-order valence-electron chi connectivity index (χ3n) is 5.89. The van der Waals surface area contributed by atoms with Crippen LogP contribution in [0, 0.1) is 0 Å². The van der Waals surface area contributed by atoms with E-state index in [1.165, 1.54) is 0 Å². The number of aliphatic hydroxyl groups is 1. The largest absolute Gasteiger partial charge is 0.491 e. The van der Waals surface area contributed by atoms with Gasteiger partial charge in [-0.25, -0.2) is 0 Å². The lowest BCUT2D eigenvalue weighted by Gasteiger charge is -2.26. The Morgan fingerprint density at radius 1 is 1.30 bits per heavy atom. The number of aliphatic carboxylic acids is 1. The van der Waals surface area contributed by atoms with E-state index in [1.54, 1.807) is 36.7 Å². The molecule has 0 spiro atoms. The summed E-state index contributed by atoms with van der Waals surface area (Å²) in [7, 11) is 0. The number of nitrogens with two attached hydrogens (primary N) is 1. The maximum atomic E-state index is 11.5. The van der Waals surface area contributed by atoms with Crippen molar-refractivity contribution in [3.63, 3.8) is 0 Å². The van der Waals surface area contributed by atoms with Crippen LogP contribution >= 0.6 is 0 Å². The normalized spacial score (nSPS) is 19.9. The molecule has 4 atom stereocenters. The van der Waals surface area contributed by atoms with Gasteiger partial charge in [0.2, 0.25) is 0 Å². The lowest BCUT2D eigenvalue weighted by Crippen LogP contribution is -2.57. The number of nitrogens with one attached hydrogen (secondary N) is 2. The van der Waals surface area contributed by atoms with Crippen LogP contribution in [0.1, 0.15) is 38.2 Å². The summed E-state index contributed by atoms with van der Waals surface area (Å²) in [4.78, 5) is 26.8. The molecule has 0 amide bonds. The molecule has 11 heteroatoms. The zero-order chi connectivity index (χ0) is 26.9. The van der Waals surface area contributed by atoms with E-state index in [0.29, 0.717) is 30.8 Å². The van der Waals surface area contributed by atoms with Crippen molar-refractivity contribution in [1.82, 2.24) is 10.3 Å². The number of carboxylic acid groups (broad SMARTS) is 1. The zero-order valence-electron chi connectivity index (χ0n) is 21.1. The lowest BCUT2D eigenvalue weighted by atomic mass is 9.90. The van der Waals surface area contributed by atoms with Gasteiger partial charge >= 0.3 is 5.97 Å². The van der Waals surface area contributed by atoms with Crippen LogP contribution in [0.25, 0.3) is 0 Å². The minimum atomic E-state index is -1.35. The number of nitrogens with zero attached hydrogens (tertiary/aromatic N) is 1. The van der Waals surface area contributed by atoms with Crippen molar-refractivity contribution >= 4 is 17.9 Å². The second-order valence-corrected chi connectivity index (χ2v) is 9.67. The molecule has 1 fully saturated rings. The highest BCUT2D eigenvalue weighted by Crippen LogP contribution is 2.32. The van der Waals surface area contributed by atoms with E-state index in [0.717, 1.165) is 5.56 Å². The van der Waals surface area contributed by atoms with Gasteiger partial charge < -0.3 is 40.8 Å². The van der Waals surface area contributed by atoms with Crippen LogP contribution in [0.2, 0.25) is 0 Å². The van der Waals surface area contributed by atoms with Crippen molar-refractivity contribution in [3.8, 4) is 5.75 Å². The number of benzene rings is 1. The third kappa shape index (κ3) is 9.38. The molecule has 11 nitrogen and oxygen atoms in total. The molecular formula is C26H36N4O7. The van der Waals surface area contributed by atoms with E-state index in [9.17, 15) is 19.8 Å². The smallest absolute Gasteiger partial charge is 0.303 e. The summed E-state index contributed by atoms with van der Waals surface area (Å²) in [6.07, 6.45) is 3.25. The quantitative estimate of drug-likeness (QED) is 0.172. The predicted molar refractivity (Wildman–Crippen MR) is 136 cm³/mol. The Bertz CT molecular complexity index is 1010. The molecule has 2 aromatic rings. The van der Waals surface area contributed by atoms with E-state index < -0.39 is 23.5 Å². The summed E-state index contributed by atoms with van der Waals surface area (Å²) >= 11 is 0. The molecule has 2 heterocycles. The molecule has 3 rings (SSSR count). The predicted octanol–water partition coefficient (Wildman–Crippen LogP) is 1.48. The molecule has 1 aliphatic rings. The van der Waals surface area contributed by atoms with Crippen LogP contribution in [0.15, 0.2) is 48.8 Å². The van der Waals surface area contributed by atoms with Crippen molar-refractivity contribution < 1.29 is 34.0 Å². The molecular weight excluding hydrogens is 480 g/mol. The Kier molecular flexibility index (Phi) is 9.95. The Labute approximate surface area is 216 Å². The maximum absolute atomic E-state index is 11.5. The Balaban J connectivity index is 1.45. The van der Waals surface area contributed by atoms with Crippen LogP contribution in [0.3, 0.4) is 0 Å². The van der Waals surface area contributed by atoms with Gasteiger partial charge in [0, 0.05) is 31.2 Å². The number of ether oxygens (including phenoxy) is 3. The number of aldehydes is 1. The molecule has 1 aliphatic heterocycles. The van der Waals surface area contributed by atoms with Crippen molar-refractivity contribution in [3.05, 3.63) is 54.4 Å². The monoisotopic (exact) mass is 516 g/mol. The maximum Gasteiger partial charge on any atom is 0.303 e. The number of aliphatic hydroxyl groups excluding tert-OH is 1. The summed E-state index contributed by atoms with van der Waals surface area (Å²) in [6, 6.07) is 10.5. The average Bonchev–Trinajstić information content (AvgIpc) is 3.21. The number of aromatic nitrogens is 1. The topological polar surface area (TPSA) is 165 Å². The van der Waals surface area contributed by atoms with E-state index in [4.69, 9.17) is 19.9 Å². The molecule has 0 aliphatic carbocycles. The molecule has 0 saturated carbocycles. The van der Waals surface area contributed by atoms with E-state index >= 15 is 0 Å². The number of pyridine rings is 1. The Morgan fingerprint density at radius 2 is 2.00 bits per heavy atom. The molecule has 4 unspecified atom stereocenters. The fraction of sp³-hybridized carbons (Fsp3) is 0.500. The second kappa shape index (κ2) is 12.9. The van der Waals surface area contributed by atoms with Crippen molar-refractivity contribution in [2.24, 2.45) is 5.73 Å². The van der Waals surface area contributed by atoms with Gasteiger partial charge in [-0.15, -0.1) is 0 Å². The number of carboxylic acids is 1. The lowest BCUT2D eigenvalue weighted by molar-refractivity contribution is -0.141.